The van der Waals surface area contributed by atoms with Gasteiger partial charge in [0.15, 0.2) is 0 Å². The van der Waals surface area contributed by atoms with E-state index in [9.17, 15) is 5.11 Å². The maximum Gasteiger partial charge on any atom is 0.123 e. The summed E-state index contributed by atoms with van der Waals surface area (Å²) in [6.07, 6.45) is 9.69. The second-order valence-electron chi connectivity index (χ2n) is 4.31. The molecule has 3 nitrogen and oxygen atoms in total. The third kappa shape index (κ3) is 2.97. The first-order chi connectivity index (χ1) is 7.90. The minimum Gasteiger partial charge on any atom is -0.468 e. The van der Waals surface area contributed by atoms with Gasteiger partial charge in [-0.1, -0.05) is 12.2 Å². The molecule has 1 heterocycles. The van der Waals surface area contributed by atoms with Crippen molar-refractivity contribution in [2.24, 2.45) is 5.92 Å². The smallest absolute Gasteiger partial charge is 0.123 e. The molecule has 3 heteroatoms. The number of allylic oxidation sites excluding steroid dienone is 2. The van der Waals surface area contributed by atoms with Crippen molar-refractivity contribution in [1.82, 2.24) is 5.32 Å². The van der Waals surface area contributed by atoms with Crippen LogP contribution in [0.5, 0.6) is 0 Å². The van der Waals surface area contributed by atoms with E-state index in [4.69, 9.17) is 4.42 Å². The van der Waals surface area contributed by atoms with Gasteiger partial charge in [0.05, 0.1) is 18.9 Å². The van der Waals surface area contributed by atoms with E-state index in [0.717, 1.165) is 18.7 Å². The molecular formula is C13H19NO2. The standard InChI is InChI=1S/C13H19NO2/c15-10-12(13-7-4-8-16-13)14-9-11-5-2-1-3-6-11/h1-2,4,7-8,11-12,14-15H,3,5-6,9-10H2/t11-,12+/m1/s1. The van der Waals surface area contributed by atoms with Gasteiger partial charge in [0.1, 0.15) is 5.76 Å². The predicted molar refractivity (Wildman–Crippen MR) is 63.0 cm³/mol. The van der Waals surface area contributed by atoms with Crippen LogP contribution in [0.1, 0.15) is 31.1 Å². The molecule has 1 aliphatic rings. The van der Waals surface area contributed by atoms with Crippen LogP contribution in [-0.4, -0.2) is 18.3 Å². The molecule has 2 N–H and O–H groups in total. The largest absolute Gasteiger partial charge is 0.468 e. The fourth-order valence-electron chi connectivity index (χ4n) is 2.10. The van der Waals surface area contributed by atoms with Crippen LogP contribution < -0.4 is 5.32 Å². The number of nitrogens with one attached hydrogen (secondary N) is 1. The third-order valence-corrected chi connectivity index (χ3v) is 3.10. The van der Waals surface area contributed by atoms with Crippen LogP contribution in [0.25, 0.3) is 0 Å². The summed E-state index contributed by atoms with van der Waals surface area (Å²) in [4.78, 5) is 0. The molecule has 1 aromatic rings. The molecule has 0 saturated heterocycles. The fourth-order valence-corrected chi connectivity index (χ4v) is 2.10. The number of rotatable bonds is 5. The zero-order valence-corrected chi connectivity index (χ0v) is 9.43. The highest BCUT2D eigenvalue weighted by atomic mass is 16.3. The van der Waals surface area contributed by atoms with Gasteiger partial charge < -0.3 is 14.8 Å². The monoisotopic (exact) mass is 221 g/mol. The molecule has 0 spiro atoms. The van der Waals surface area contributed by atoms with Gasteiger partial charge >= 0.3 is 0 Å². The number of aliphatic hydroxyl groups is 1. The Morgan fingerprint density at radius 3 is 3.06 bits per heavy atom. The number of hydrogen-bond donors (Lipinski definition) is 2. The molecule has 2 atom stereocenters. The van der Waals surface area contributed by atoms with Crippen molar-refractivity contribution < 1.29 is 9.52 Å². The molecule has 2 rings (SSSR count). The molecule has 88 valence electrons. The van der Waals surface area contributed by atoms with E-state index in [1.807, 2.05) is 12.1 Å². The molecule has 0 saturated carbocycles. The number of hydrogen-bond acceptors (Lipinski definition) is 3. The molecule has 0 amide bonds. The highest BCUT2D eigenvalue weighted by molar-refractivity contribution is 5.04. The van der Waals surface area contributed by atoms with E-state index in [1.165, 1.54) is 12.8 Å². The molecule has 1 aromatic heterocycles. The second-order valence-corrected chi connectivity index (χ2v) is 4.31. The zero-order chi connectivity index (χ0) is 11.2. The lowest BCUT2D eigenvalue weighted by atomic mass is 9.94. The predicted octanol–water partition coefficient (Wildman–Crippen LogP) is 2.26. The van der Waals surface area contributed by atoms with Crippen molar-refractivity contribution in [2.45, 2.75) is 25.3 Å². The summed E-state index contributed by atoms with van der Waals surface area (Å²) >= 11 is 0. The first-order valence-corrected chi connectivity index (χ1v) is 5.93. The Bertz CT molecular complexity index is 319. The Labute approximate surface area is 96.2 Å². The third-order valence-electron chi connectivity index (χ3n) is 3.10. The van der Waals surface area contributed by atoms with Crippen molar-refractivity contribution in [3.8, 4) is 0 Å². The highest BCUT2D eigenvalue weighted by Gasteiger charge is 2.15. The molecule has 0 bridgehead atoms. The second kappa shape index (κ2) is 5.87. The average Bonchev–Trinajstić information content (AvgIpc) is 2.85. The van der Waals surface area contributed by atoms with Crippen LogP contribution >= 0.6 is 0 Å². The van der Waals surface area contributed by atoms with Gasteiger partial charge in [0.25, 0.3) is 0 Å². The summed E-state index contributed by atoms with van der Waals surface area (Å²) in [7, 11) is 0. The van der Waals surface area contributed by atoms with Gasteiger partial charge in [0.2, 0.25) is 0 Å². The maximum absolute atomic E-state index is 9.29. The SMILES string of the molecule is OC[C@H](NC[C@@H]1CC=CCC1)c1ccco1. The van der Waals surface area contributed by atoms with Crippen molar-refractivity contribution in [3.05, 3.63) is 36.3 Å². The van der Waals surface area contributed by atoms with Crippen LogP contribution in [0.2, 0.25) is 0 Å². The summed E-state index contributed by atoms with van der Waals surface area (Å²) in [5, 5.41) is 12.7. The van der Waals surface area contributed by atoms with Gasteiger partial charge in [-0.2, -0.15) is 0 Å². The van der Waals surface area contributed by atoms with Crippen molar-refractivity contribution >= 4 is 0 Å². The lowest BCUT2D eigenvalue weighted by molar-refractivity contribution is 0.219. The van der Waals surface area contributed by atoms with Crippen LogP contribution in [0, 0.1) is 5.92 Å². The molecule has 16 heavy (non-hydrogen) atoms. The summed E-state index contributed by atoms with van der Waals surface area (Å²) in [6.45, 7) is 1.02. The Kier molecular flexibility index (Phi) is 4.19. The van der Waals surface area contributed by atoms with Crippen molar-refractivity contribution in [3.63, 3.8) is 0 Å². The van der Waals surface area contributed by atoms with Crippen LogP contribution in [0.3, 0.4) is 0 Å². The van der Waals surface area contributed by atoms with E-state index in [2.05, 4.69) is 17.5 Å². The Balaban J connectivity index is 1.81. The lowest BCUT2D eigenvalue weighted by Gasteiger charge is -2.21. The number of aliphatic hydroxyl groups excluding tert-OH is 1. The first kappa shape index (κ1) is 11.4. The summed E-state index contributed by atoms with van der Waals surface area (Å²) in [6, 6.07) is 3.68. The van der Waals surface area contributed by atoms with Gasteiger partial charge in [-0.15, -0.1) is 0 Å². The molecular weight excluding hydrogens is 202 g/mol. The minimum atomic E-state index is -0.0686. The normalized spacial score (nSPS) is 22.2. The highest BCUT2D eigenvalue weighted by Crippen LogP contribution is 2.19. The van der Waals surface area contributed by atoms with Crippen LogP contribution in [0.15, 0.2) is 35.0 Å². The van der Waals surface area contributed by atoms with E-state index in [-0.39, 0.29) is 12.6 Å². The van der Waals surface area contributed by atoms with Gasteiger partial charge in [-0.25, -0.2) is 0 Å². The van der Waals surface area contributed by atoms with Gasteiger partial charge in [-0.05, 0) is 43.9 Å². The average molecular weight is 221 g/mol. The van der Waals surface area contributed by atoms with E-state index >= 15 is 0 Å². The Hall–Kier alpha value is -1.06. The molecule has 1 aliphatic carbocycles. The molecule has 0 aliphatic heterocycles. The molecule has 0 unspecified atom stereocenters. The lowest BCUT2D eigenvalue weighted by Crippen LogP contribution is -2.29. The summed E-state index contributed by atoms with van der Waals surface area (Å²) in [5.41, 5.74) is 0. The zero-order valence-electron chi connectivity index (χ0n) is 9.43. The topological polar surface area (TPSA) is 45.4 Å². The fraction of sp³-hybridized carbons (Fsp3) is 0.538. The summed E-state index contributed by atoms with van der Waals surface area (Å²) in [5.74, 6) is 1.50. The van der Waals surface area contributed by atoms with E-state index < -0.39 is 0 Å². The van der Waals surface area contributed by atoms with Gasteiger partial charge in [0, 0.05) is 0 Å². The maximum atomic E-state index is 9.29. The van der Waals surface area contributed by atoms with Gasteiger partial charge in [-0.3, -0.25) is 0 Å². The number of furan rings is 1. The van der Waals surface area contributed by atoms with Crippen molar-refractivity contribution in [2.75, 3.05) is 13.2 Å². The minimum absolute atomic E-state index is 0.0686. The quantitative estimate of drug-likeness (QED) is 0.750. The Morgan fingerprint density at radius 1 is 1.50 bits per heavy atom. The molecule has 0 fully saturated rings. The molecule has 0 radical (unpaired) electrons. The van der Waals surface area contributed by atoms with E-state index in [0.29, 0.717) is 5.92 Å². The molecule has 0 aromatic carbocycles. The van der Waals surface area contributed by atoms with Crippen LogP contribution in [-0.2, 0) is 0 Å². The van der Waals surface area contributed by atoms with Crippen molar-refractivity contribution in [1.29, 1.82) is 0 Å². The van der Waals surface area contributed by atoms with E-state index in [1.54, 1.807) is 6.26 Å². The summed E-state index contributed by atoms with van der Waals surface area (Å²) < 4.78 is 5.29. The Morgan fingerprint density at radius 2 is 2.44 bits per heavy atom. The first-order valence-electron chi connectivity index (χ1n) is 5.93. The van der Waals surface area contributed by atoms with Crippen LogP contribution in [0.4, 0.5) is 0 Å².